The summed E-state index contributed by atoms with van der Waals surface area (Å²) in [6, 6.07) is 0. The Morgan fingerprint density at radius 3 is 2.50 bits per heavy atom. The van der Waals surface area contributed by atoms with Crippen LogP contribution >= 0.6 is 0 Å². The molecular formula is C7H9N2Re-. The van der Waals surface area contributed by atoms with Gasteiger partial charge in [-0.3, -0.25) is 4.98 Å². The van der Waals surface area contributed by atoms with Gasteiger partial charge in [0.1, 0.15) is 0 Å². The summed E-state index contributed by atoms with van der Waals surface area (Å²) < 4.78 is 0. The van der Waals surface area contributed by atoms with Crippen LogP contribution in [0.15, 0.2) is 12.4 Å². The van der Waals surface area contributed by atoms with Crippen molar-refractivity contribution in [2.24, 2.45) is 0 Å². The van der Waals surface area contributed by atoms with Crippen molar-refractivity contribution in [1.82, 2.24) is 9.97 Å². The van der Waals surface area contributed by atoms with Crippen LogP contribution in [0, 0.1) is 6.20 Å². The predicted molar refractivity (Wildman–Crippen MR) is 35.0 cm³/mol. The van der Waals surface area contributed by atoms with Crippen LogP contribution in [0.5, 0.6) is 0 Å². The molecule has 1 heterocycles. The molecule has 0 aliphatic heterocycles. The van der Waals surface area contributed by atoms with Crippen molar-refractivity contribution in [2.75, 3.05) is 0 Å². The van der Waals surface area contributed by atoms with Crippen LogP contribution in [0.1, 0.15) is 25.5 Å². The summed E-state index contributed by atoms with van der Waals surface area (Å²) in [5.41, 5.74) is 1.02. The van der Waals surface area contributed by atoms with Crippen molar-refractivity contribution < 1.29 is 20.4 Å². The van der Waals surface area contributed by atoms with Gasteiger partial charge >= 0.3 is 0 Å². The average Bonchev–Trinajstić information content (AvgIpc) is 1.90. The molecule has 3 heteroatoms. The molecule has 1 rings (SSSR count). The normalized spacial score (nSPS) is 9.10. The fourth-order valence-electron chi connectivity index (χ4n) is 0.572. The zero-order chi connectivity index (χ0) is 6.69. The van der Waals surface area contributed by atoms with Gasteiger partial charge in [-0.05, 0) is 17.8 Å². The predicted octanol–water partition coefficient (Wildman–Crippen LogP) is 1.40. The molecule has 0 saturated carbocycles. The first kappa shape index (κ1) is 9.74. The van der Waals surface area contributed by atoms with Crippen LogP contribution in [-0.4, -0.2) is 9.97 Å². The molecule has 1 radical (unpaired) electrons. The molecule has 0 atom stereocenters. The maximum Gasteiger partial charge on any atom is 0 e. The number of nitrogens with zero attached hydrogens (tertiary/aromatic N) is 2. The van der Waals surface area contributed by atoms with E-state index in [4.69, 9.17) is 0 Å². The summed E-state index contributed by atoms with van der Waals surface area (Å²) in [6.07, 6.45) is 5.96. The van der Waals surface area contributed by atoms with Crippen molar-refractivity contribution in [2.45, 2.75) is 19.8 Å². The van der Waals surface area contributed by atoms with Gasteiger partial charge in [0.05, 0.1) is 0 Å². The van der Waals surface area contributed by atoms with Gasteiger partial charge < -0.3 is 4.98 Å². The third-order valence-electron chi connectivity index (χ3n) is 1.13. The second kappa shape index (κ2) is 4.54. The fourth-order valence-corrected chi connectivity index (χ4v) is 0.572. The molecule has 0 aliphatic carbocycles. The first-order chi connectivity index (χ1) is 4.30. The Hall–Kier alpha value is -0.258. The number of hydrogen-bond donors (Lipinski definition) is 0. The van der Waals surface area contributed by atoms with Crippen LogP contribution in [0.4, 0.5) is 0 Å². The monoisotopic (exact) mass is 308 g/mol. The SMILES string of the molecule is CC(C)c1cn[c-]cn1.[Re]. The average molecular weight is 307 g/mol. The van der Waals surface area contributed by atoms with Crippen LogP contribution in [-0.2, 0) is 20.4 Å². The largest absolute Gasteiger partial charge is 0.456 e. The van der Waals surface area contributed by atoms with Gasteiger partial charge in [-0.1, -0.05) is 13.8 Å². The number of rotatable bonds is 1. The molecule has 2 nitrogen and oxygen atoms in total. The minimum Gasteiger partial charge on any atom is -0.456 e. The molecule has 0 aliphatic rings. The van der Waals surface area contributed by atoms with E-state index in [0.717, 1.165) is 5.69 Å². The third kappa shape index (κ3) is 2.55. The molecule has 0 saturated heterocycles. The van der Waals surface area contributed by atoms with Crippen LogP contribution in [0.2, 0.25) is 0 Å². The van der Waals surface area contributed by atoms with Crippen molar-refractivity contribution >= 4 is 0 Å². The maximum absolute atomic E-state index is 4.06. The molecule has 0 fully saturated rings. The van der Waals surface area contributed by atoms with Crippen molar-refractivity contribution in [3.63, 3.8) is 0 Å². The van der Waals surface area contributed by atoms with Crippen LogP contribution in [0.25, 0.3) is 0 Å². The van der Waals surface area contributed by atoms with E-state index in [1.165, 1.54) is 0 Å². The molecule has 55 valence electrons. The van der Waals surface area contributed by atoms with E-state index in [-0.39, 0.29) is 20.4 Å². The Labute approximate surface area is 74.7 Å². The minimum atomic E-state index is 0. The maximum atomic E-state index is 4.06. The molecule has 0 amide bonds. The summed E-state index contributed by atoms with van der Waals surface area (Å²) in [6.45, 7) is 4.17. The second-order valence-electron chi connectivity index (χ2n) is 2.23. The van der Waals surface area contributed by atoms with E-state index < -0.39 is 0 Å². The Balaban J connectivity index is 0.000000810. The van der Waals surface area contributed by atoms with Crippen LogP contribution < -0.4 is 0 Å². The molecule has 1 aromatic rings. The first-order valence-corrected chi connectivity index (χ1v) is 2.98. The van der Waals surface area contributed by atoms with E-state index in [2.05, 4.69) is 30.0 Å². The quantitative estimate of drug-likeness (QED) is 0.733. The number of hydrogen-bond acceptors (Lipinski definition) is 2. The Morgan fingerprint density at radius 1 is 1.50 bits per heavy atom. The molecule has 10 heavy (non-hydrogen) atoms. The van der Waals surface area contributed by atoms with Crippen LogP contribution in [0.3, 0.4) is 0 Å². The molecular weight excluding hydrogens is 298 g/mol. The van der Waals surface area contributed by atoms with Gasteiger partial charge in [-0.15, -0.1) is 12.4 Å². The van der Waals surface area contributed by atoms with Gasteiger partial charge in [-0.25, -0.2) is 0 Å². The second-order valence-corrected chi connectivity index (χ2v) is 2.23. The Bertz CT molecular complexity index is 174. The van der Waals surface area contributed by atoms with Gasteiger partial charge in [0.25, 0.3) is 0 Å². The summed E-state index contributed by atoms with van der Waals surface area (Å²) in [5.74, 6) is 0.465. The van der Waals surface area contributed by atoms with Gasteiger partial charge in [0, 0.05) is 20.4 Å². The van der Waals surface area contributed by atoms with Gasteiger partial charge in [-0.2, -0.15) is 0 Å². The standard InChI is InChI=1S/C7H9N2.Re/c1-6(2)7-5-8-3-4-9-7;/h4-6H,1-2H3;/q-1;. The van der Waals surface area contributed by atoms with E-state index in [1.54, 1.807) is 12.4 Å². The Morgan fingerprint density at radius 2 is 2.20 bits per heavy atom. The van der Waals surface area contributed by atoms with E-state index in [0.29, 0.717) is 5.92 Å². The van der Waals surface area contributed by atoms with Gasteiger partial charge in [0.2, 0.25) is 0 Å². The molecule has 0 bridgehead atoms. The summed E-state index contributed by atoms with van der Waals surface area (Å²) in [7, 11) is 0. The minimum absolute atomic E-state index is 0. The zero-order valence-electron chi connectivity index (χ0n) is 6.00. The molecule has 0 N–H and O–H groups in total. The van der Waals surface area contributed by atoms with E-state index in [1.807, 2.05) is 0 Å². The molecule has 0 spiro atoms. The molecule has 0 aromatic carbocycles. The Kier molecular flexibility index (Phi) is 4.42. The zero-order valence-corrected chi connectivity index (χ0v) is 8.72. The topological polar surface area (TPSA) is 25.8 Å². The number of aromatic nitrogens is 2. The summed E-state index contributed by atoms with van der Waals surface area (Å²) in [4.78, 5) is 7.88. The molecule has 1 aromatic heterocycles. The van der Waals surface area contributed by atoms with Gasteiger partial charge in [0.15, 0.2) is 0 Å². The summed E-state index contributed by atoms with van der Waals surface area (Å²) in [5, 5.41) is 0. The summed E-state index contributed by atoms with van der Waals surface area (Å²) >= 11 is 0. The van der Waals surface area contributed by atoms with E-state index >= 15 is 0 Å². The van der Waals surface area contributed by atoms with Crippen molar-refractivity contribution in [1.29, 1.82) is 0 Å². The smallest absolute Gasteiger partial charge is 0 e. The van der Waals surface area contributed by atoms with E-state index in [9.17, 15) is 0 Å². The molecule has 0 unspecified atom stereocenters. The first-order valence-electron chi connectivity index (χ1n) is 2.98. The van der Waals surface area contributed by atoms with Crippen molar-refractivity contribution in [3.05, 3.63) is 24.3 Å². The fraction of sp³-hybridized carbons (Fsp3) is 0.429. The third-order valence-corrected chi connectivity index (χ3v) is 1.13. The van der Waals surface area contributed by atoms with Crippen molar-refractivity contribution in [3.8, 4) is 0 Å².